The SMILES string of the molecule is O=C(CCCC(=O)C(=O)O)NNc1ccccc1. The number of ketones is 1. The van der Waals surface area contributed by atoms with Crippen molar-refractivity contribution in [3.8, 4) is 0 Å². The van der Waals surface area contributed by atoms with E-state index in [9.17, 15) is 14.4 Å². The maximum absolute atomic E-state index is 11.3. The first-order chi connectivity index (χ1) is 8.59. The summed E-state index contributed by atoms with van der Waals surface area (Å²) >= 11 is 0. The molecule has 1 amide bonds. The van der Waals surface area contributed by atoms with Gasteiger partial charge in [0.1, 0.15) is 0 Å². The molecule has 6 heteroatoms. The van der Waals surface area contributed by atoms with Crippen LogP contribution in [0.25, 0.3) is 0 Å². The van der Waals surface area contributed by atoms with Gasteiger partial charge in [0.05, 0.1) is 5.69 Å². The number of hydrazine groups is 1. The normalized spacial score (nSPS) is 9.56. The zero-order valence-corrected chi connectivity index (χ0v) is 9.68. The molecule has 0 unspecified atom stereocenters. The van der Waals surface area contributed by atoms with Gasteiger partial charge in [-0.25, -0.2) is 4.79 Å². The van der Waals surface area contributed by atoms with Crippen LogP contribution in [0.3, 0.4) is 0 Å². The molecule has 0 radical (unpaired) electrons. The standard InChI is InChI=1S/C12H14N2O4/c15-10(12(17)18)7-4-8-11(16)14-13-9-5-2-1-3-6-9/h1-3,5-6,13H,4,7-8H2,(H,14,16)(H,17,18). The Bertz CT molecular complexity index is 431. The molecule has 0 fully saturated rings. The molecule has 0 heterocycles. The lowest BCUT2D eigenvalue weighted by Gasteiger charge is -2.07. The number of Topliss-reactive ketones (excluding diaryl/α,β-unsaturated/α-hetero) is 1. The quantitative estimate of drug-likeness (QED) is 0.494. The number of aliphatic carboxylic acids is 1. The molecule has 0 atom stereocenters. The fourth-order valence-corrected chi connectivity index (χ4v) is 1.24. The van der Waals surface area contributed by atoms with Crippen molar-refractivity contribution in [1.29, 1.82) is 0 Å². The van der Waals surface area contributed by atoms with Crippen LogP contribution in [-0.4, -0.2) is 22.8 Å². The van der Waals surface area contributed by atoms with E-state index in [-0.39, 0.29) is 25.2 Å². The summed E-state index contributed by atoms with van der Waals surface area (Å²) < 4.78 is 0. The predicted octanol–water partition coefficient (Wildman–Crippen LogP) is 0.954. The number of hydrogen-bond acceptors (Lipinski definition) is 4. The minimum atomic E-state index is -1.46. The Morgan fingerprint density at radius 2 is 1.72 bits per heavy atom. The summed E-state index contributed by atoms with van der Waals surface area (Å²) in [6, 6.07) is 9.06. The molecule has 0 aliphatic rings. The van der Waals surface area contributed by atoms with Crippen LogP contribution in [-0.2, 0) is 14.4 Å². The Labute approximate surface area is 104 Å². The lowest BCUT2D eigenvalue weighted by atomic mass is 10.2. The number of carboxylic acids is 1. The molecular weight excluding hydrogens is 236 g/mol. The number of para-hydroxylation sites is 1. The lowest BCUT2D eigenvalue weighted by Crippen LogP contribution is -2.29. The second-order valence-corrected chi connectivity index (χ2v) is 3.62. The van der Waals surface area contributed by atoms with Gasteiger partial charge in [-0.3, -0.25) is 20.4 Å². The first-order valence-corrected chi connectivity index (χ1v) is 5.45. The highest BCUT2D eigenvalue weighted by atomic mass is 16.4. The van der Waals surface area contributed by atoms with Crippen molar-refractivity contribution >= 4 is 23.3 Å². The van der Waals surface area contributed by atoms with E-state index in [0.717, 1.165) is 5.69 Å². The summed E-state index contributed by atoms with van der Waals surface area (Å²) in [5, 5.41) is 8.34. The second kappa shape index (κ2) is 7.05. The molecule has 6 nitrogen and oxygen atoms in total. The monoisotopic (exact) mass is 250 g/mol. The molecule has 0 saturated heterocycles. The highest BCUT2D eigenvalue weighted by Gasteiger charge is 2.11. The number of nitrogens with one attached hydrogen (secondary N) is 2. The van der Waals surface area contributed by atoms with E-state index in [1.165, 1.54) is 0 Å². The van der Waals surface area contributed by atoms with Gasteiger partial charge < -0.3 is 5.11 Å². The molecule has 1 aromatic carbocycles. The predicted molar refractivity (Wildman–Crippen MR) is 64.7 cm³/mol. The van der Waals surface area contributed by atoms with E-state index in [4.69, 9.17) is 5.11 Å². The third kappa shape index (κ3) is 5.11. The number of anilines is 1. The zero-order chi connectivity index (χ0) is 13.4. The van der Waals surface area contributed by atoms with Crippen molar-refractivity contribution < 1.29 is 19.5 Å². The number of rotatable bonds is 7. The molecule has 0 bridgehead atoms. The van der Waals surface area contributed by atoms with Crippen molar-refractivity contribution in [1.82, 2.24) is 5.43 Å². The first kappa shape index (κ1) is 13.7. The van der Waals surface area contributed by atoms with Crippen molar-refractivity contribution in [2.75, 3.05) is 5.43 Å². The van der Waals surface area contributed by atoms with Crippen LogP contribution in [0, 0.1) is 0 Å². The van der Waals surface area contributed by atoms with Crippen LogP contribution in [0.15, 0.2) is 30.3 Å². The van der Waals surface area contributed by atoms with Crippen LogP contribution in [0.1, 0.15) is 19.3 Å². The molecule has 1 rings (SSSR count). The lowest BCUT2D eigenvalue weighted by molar-refractivity contribution is -0.149. The van der Waals surface area contributed by atoms with Crippen molar-refractivity contribution in [2.24, 2.45) is 0 Å². The molecule has 3 N–H and O–H groups in total. The summed E-state index contributed by atoms with van der Waals surface area (Å²) in [7, 11) is 0. The van der Waals surface area contributed by atoms with E-state index in [1.54, 1.807) is 12.1 Å². The average molecular weight is 250 g/mol. The minimum absolute atomic E-state index is 0.0961. The largest absolute Gasteiger partial charge is 0.476 e. The van der Waals surface area contributed by atoms with Crippen molar-refractivity contribution in [3.63, 3.8) is 0 Å². The fourth-order valence-electron chi connectivity index (χ4n) is 1.24. The van der Waals surface area contributed by atoms with Gasteiger partial charge in [-0.15, -0.1) is 0 Å². The molecule has 96 valence electrons. The van der Waals surface area contributed by atoms with Gasteiger partial charge in [-0.2, -0.15) is 0 Å². The van der Waals surface area contributed by atoms with Crippen molar-refractivity contribution in [2.45, 2.75) is 19.3 Å². The fraction of sp³-hybridized carbons (Fsp3) is 0.250. The smallest absolute Gasteiger partial charge is 0.372 e. The topological polar surface area (TPSA) is 95.5 Å². The number of carboxylic acid groups (broad SMARTS) is 1. The summed E-state index contributed by atoms with van der Waals surface area (Å²) in [5.74, 6) is -2.63. The van der Waals surface area contributed by atoms with E-state index in [0.29, 0.717) is 0 Å². The third-order valence-corrected chi connectivity index (χ3v) is 2.17. The number of benzene rings is 1. The molecule has 0 spiro atoms. The van der Waals surface area contributed by atoms with Gasteiger partial charge in [-0.1, -0.05) is 18.2 Å². The Balaban J connectivity index is 2.19. The molecule has 0 aromatic heterocycles. The molecule has 18 heavy (non-hydrogen) atoms. The molecular formula is C12H14N2O4. The number of hydrogen-bond donors (Lipinski definition) is 3. The van der Waals surface area contributed by atoms with Crippen LogP contribution >= 0.6 is 0 Å². The Morgan fingerprint density at radius 3 is 2.33 bits per heavy atom. The zero-order valence-electron chi connectivity index (χ0n) is 9.68. The van der Waals surface area contributed by atoms with E-state index < -0.39 is 11.8 Å². The molecule has 0 saturated carbocycles. The van der Waals surface area contributed by atoms with Crippen molar-refractivity contribution in [3.05, 3.63) is 30.3 Å². The van der Waals surface area contributed by atoms with E-state index >= 15 is 0 Å². The second-order valence-electron chi connectivity index (χ2n) is 3.62. The highest BCUT2D eigenvalue weighted by molar-refractivity contribution is 6.32. The number of carbonyl (C=O) groups is 3. The maximum atomic E-state index is 11.3. The van der Waals surface area contributed by atoms with Crippen LogP contribution in [0.4, 0.5) is 5.69 Å². The summed E-state index contributed by atoms with van der Waals surface area (Å²) in [6.45, 7) is 0. The summed E-state index contributed by atoms with van der Waals surface area (Å²) in [6.07, 6.45) is 0.181. The van der Waals surface area contributed by atoms with E-state index in [1.807, 2.05) is 18.2 Å². The average Bonchev–Trinajstić information content (AvgIpc) is 2.37. The van der Waals surface area contributed by atoms with Gasteiger partial charge in [-0.05, 0) is 18.6 Å². The minimum Gasteiger partial charge on any atom is -0.476 e. The van der Waals surface area contributed by atoms with Crippen LogP contribution in [0.5, 0.6) is 0 Å². The Morgan fingerprint density at radius 1 is 1.06 bits per heavy atom. The van der Waals surface area contributed by atoms with Gasteiger partial charge in [0.2, 0.25) is 11.7 Å². The molecule has 0 aliphatic heterocycles. The first-order valence-electron chi connectivity index (χ1n) is 5.45. The summed E-state index contributed by atoms with van der Waals surface area (Å²) in [5.41, 5.74) is 5.90. The summed E-state index contributed by atoms with van der Waals surface area (Å²) in [4.78, 5) is 32.3. The Hall–Kier alpha value is -2.37. The van der Waals surface area contributed by atoms with Crippen LogP contribution < -0.4 is 10.9 Å². The third-order valence-electron chi connectivity index (χ3n) is 2.17. The van der Waals surface area contributed by atoms with Crippen LogP contribution in [0.2, 0.25) is 0 Å². The van der Waals surface area contributed by atoms with Gasteiger partial charge in [0, 0.05) is 12.8 Å². The molecule has 0 aliphatic carbocycles. The number of amides is 1. The Kier molecular flexibility index (Phi) is 5.37. The van der Waals surface area contributed by atoms with Gasteiger partial charge in [0.25, 0.3) is 0 Å². The molecule has 1 aromatic rings. The van der Waals surface area contributed by atoms with E-state index in [2.05, 4.69) is 10.9 Å². The maximum Gasteiger partial charge on any atom is 0.372 e. The van der Waals surface area contributed by atoms with Gasteiger partial charge in [0.15, 0.2) is 0 Å². The number of carbonyl (C=O) groups excluding carboxylic acids is 2. The van der Waals surface area contributed by atoms with Gasteiger partial charge >= 0.3 is 5.97 Å². The highest BCUT2D eigenvalue weighted by Crippen LogP contribution is 2.03.